The van der Waals surface area contributed by atoms with Crippen LogP contribution in [0.25, 0.3) is 0 Å². The Morgan fingerprint density at radius 2 is 1.80 bits per heavy atom. The van der Waals surface area contributed by atoms with Gasteiger partial charge in [0.1, 0.15) is 0 Å². The molecule has 1 heterocycles. The second kappa shape index (κ2) is 6.70. The average Bonchev–Trinajstić information content (AvgIpc) is 2.43. The van der Waals surface area contributed by atoms with Crippen LogP contribution in [-0.2, 0) is 9.59 Å². The highest BCUT2D eigenvalue weighted by Crippen LogP contribution is 2.32. The van der Waals surface area contributed by atoms with Gasteiger partial charge in [0.15, 0.2) is 5.78 Å². The standard InChI is InChI=1S/C16H28N2O2/c1-10(2)15(11(3)19)18-16(20)14-9-8-12-6-4-5-7-13(12)17-14/h10,12-15,17H,4-9H2,1-3H3,(H,18,20)/t12?,13?,14?,15-/m0/s1. The molecule has 2 fully saturated rings. The van der Waals surface area contributed by atoms with Crippen molar-refractivity contribution in [3.8, 4) is 0 Å². The maximum absolute atomic E-state index is 12.4. The van der Waals surface area contributed by atoms with Crippen molar-refractivity contribution < 1.29 is 9.59 Å². The molecule has 1 saturated heterocycles. The van der Waals surface area contributed by atoms with E-state index in [1.54, 1.807) is 6.92 Å². The molecule has 4 atom stereocenters. The number of piperidine rings is 1. The molecule has 2 rings (SSSR count). The lowest BCUT2D eigenvalue weighted by molar-refractivity contribution is -0.130. The predicted molar refractivity (Wildman–Crippen MR) is 79.4 cm³/mol. The minimum Gasteiger partial charge on any atom is -0.345 e. The first kappa shape index (κ1) is 15.5. The molecule has 4 nitrogen and oxygen atoms in total. The number of amides is 1. The van der Waals surface area contributed by atoms with Gasteiger partial charge in [-0.3, -0.25) is 9.59 Å². The van der Waals surface area contributed by atoms with Gasteiger partial charge in [-0.15, -0.1) is 0 Å². The van der Waals surface area contributed by atoms with Gasteiger partial charge >= 0.3 is 0 Å². The first-order valence-electron chi connectivity index (χ1n) is 8.06. The van der Waals surface area contributed by atoms with Crippen molar-refractivity contribution >= 4 is 11.7 Å². The molecule has 114 valence electrons. The van der Waals surface area contributed by atoms with Crippen LogP contribution in [0.1, 0.15) is 59.3 Å². The second-order valence-electron chi connectivity index (χ2n) is 6.79. The molecule has 0 aromatic heterocycles. The number of ketones is 1. The number of rotatable bonds is 4. The number of hydrogen-bond acceptors (Lipinski definition) is 3. The van der Waals surface area contributed by atoms with Crippen molar-refractivity contribution in [2.24, 2.45) is 11.8 Å². The normalized spacial score (nSPS) is 31.5. The number of fused-ring (bicyclic) bond motifs is 1. The predicted octanol–water partition coefficient (Wildman–Crippen LogP) is 2.03. The van der Waals surface area contributed by atoms with E-state index in [0.717, 1.165) is 18.8 Å². The van der Waals surface area contributed by atoms with Gasteiger partial charge in [-0.1, -0.05) is 26.7 Å². The summed E-state index contributed by atoms with van der Waals surface area (Å²) >= 11 is 0. The smallest absolute Gasteiger partial charge is 0.237 e. The summed E-state index contributed by atoms with van der Waals surface area (Å²) in [5.74, 6) is 0.937. The summed E-state index contributed by atoms with van der Waals surface area (Å²) in [4.78, 5) is 24.0. The van der Waals surface area contributed by atoms with Crippen molar-refractivity contribution in [2.45, 2.75) is 77.4 Å². The monoisotopic (exact) mass is 280 g/mol. The van der Waals surface area contributed by atoms with Crippen molar-refractivity contribution in [2.75, 3.05) is 0 Å². The van der Waals surface area contributed by atoms with E-state index in [1.165, 1.54) is 25.7 Å². The van der Waals surface area contributed by atoms with Crippen LogP contribution in [0.5, 0.6) is 0 Å². The van der Waals surface area contributed by atoms with Crippen LogP contribution < -0.4 is 10.6 Å². The number of carbonyl (C=O) groups excluding carboxylic acids is 2. The third-order valence-corrected chi connectivity index (χ3v) is 4.87. The van der Waals surface area contributed by atoms with Gasteiger partial charge in [0.2, 0.25) is 5.91 Å². The highest BCUT2D eigenvalue weighted by Gasteiger charge is 2.35. The van der Waals surface area contributed by atoms with E-state index in [4.69, 9.17) is 0 Å². The van der Waals surface area contributed by atoms with Gasteiger partial charge in [0.05, 0.1) is 12.1 Å². The minimum absolute atomic E-state index is 0.00271. The van der Waals surface area contributed by atoms with Crippen LogP contribution in [0.15, 0.2) is 0 Å². The topological polar surface area (TPSA) is 58.2 Å². The van der Waals surface area contributed by atoms with E-state index in [2.05, 4.69) is 10.6 Å². The number of carbonyl (C=O) groups is 2. The maximum Gasteiger partial charge on any atom is 0.237 e. The quantitative estimate of drug-likeness (QED) is 0.828. The van der Waals surface area contributed by atoms with Crippen molar-refractivity contribution in [3.05, 3.63) is 0 Å². The molecule has 2 aliphatic rings. The van der Waals surface area contributed by atoms with Crippen molar-refractivity contribution in [1.82, 2.24) is 10.6 Å². The van der Waals surface area contributed by atoms with E-state index >= 15 is 0 Å². The maximum atomic E-state index is 12.4. The number of hydrogen-bond donors (Lipinski definition) is 2. The molecule has 4 heteroatoms. The Bertz CT molecular complexity index is 367. The molecular formula is C16H28N2O2. The molecule has 3 unspecified atom stereocenters. The molecule has 1 aliphatic heterocycles. The van der Waals surface area contributed by atoms with Crippen LogP contribution >= 0.6 is 0 Å². The summed E-state index contributed by atoms with van der Waals surface area (Å²) in [6.45, 7) is 5.49. The molecule has 1 amide bonds. The summed E-state index contributed by atoms with van der Waals surface area (Å²) in [6.07, 6.45) is 7.13. The van der Waals surface area contributed by atoms with Gasteiger partial charge in [-0.2, -0.15) is 0 Å². The molecule has 1 saturated carbocycles. The molecule has 0 bridgehead atoms. The summed E-state index contributed by atoms with van der Waals surface area (Å²) < 4.78 is 0. The molecule has 1 aliphatic carbocycles. The largest absolute Gasteiger partial charge is 0.345 e. The zero-order valence-corrected chi connectivity index (χ0v) is 12.9. The molecule has 0 aromatic carbocycles. The number of nitrogens with one attached hydrogen (secondary N) is 2. The molecule has 0 spiro atoms. The van der Waals surface area contributed by atoms with Gasteiger partial charge in [0, 0.05) is 6.04 Å². The summed E-state index contributed by atoms with van der Waals surface area (Å²) in [6, 6.07) is 0.0337. The Balaban J connectivity index is 1.91. The summed E-state index contributed by atoms with van der Waals surface area (Å²) in [7, 11) is 0. The lowest BCUT2D eigenvalue weighted by atomic mass is 9.77. The highest BCUT2D eigenvalue weighted by atomic mass is 16.2. The SMILES string of the molecule is CC(=O)[C@@H](NC(=O)C1CCC2CCCCC2N1)C(C)C. The Hall–Kier alpha value is -0.900. The second-order valence-corrected chi connectivity index (χ2v) is 6.79. The molecule has 0 radical (unpaired) electrons. The zero-order chi connectivity index (χ0) is 14.7. The van der Waals surface area contributed by atoms with Gasteiger partial charge in [-0.25, -0.2) is 0 Å². The summed E-state index contributed by atoms with van der Waals surface area (Å²) in [5, 5.41) is 6.45. The Kier molecular flexibility index (Phi) is 5.19. The molecular weight excluding hydrogens is 252 g/mol. The van der Waals surface area contributed by atoms with Crippen LogP contribution in [0.3, 0.4) is 0 Å². The fraction of sp³-hybridized carbons (Fsp3) is 0.875. The van der Waals surface area contributed by atoms with E-state index in [0.29, 0.717) is 6.04 Å². The lowest BCUT2D eigenvalue weighted by Gasteiger charge is -2.40. The van der Waals surface area contributed by atoms with Crippen LogP contribution in [0.2, 0.25) is 0 Å². The third kappa shape index (κ3) is 3.60. The Labute approximate surface area is 122 Å². The fourth-order valence-electron chi connectivity index (χ4n) is 3.69. The van der Waals surface area contributed by atoms with Gasteiger partial charge in [-0.05, 0) is 44.4 Å². The molecule has 20 heavy (non-hydrogen) atoms. The Morgan fingerprint density at radius 3 is 2.45 bits per heavy atom. The fourth-order valence-corrected chi connectivity index (χ4v) is 3.69. The van der Waals surface area contributed by atoms with Crippen LogP contribution in [0, 0.1) is 11.8 Å². The van der Waals surface area contributed by atoms with Crippen molar-refractivity contribution in [3.63, 3.8) is 0 Å². The Morgan fingerprint density at radius 1 is 1.10 bits per heavy atom. The van der Waals surface area contributed by atoms with E-state index in [-0.39, 0.29) is 29.7 Å². The van der Waals surface area contributed by atoms with Gasteiger partial charge < -0.3 is 10.6 Å². The third-order valence-electron chi connectivity index (χ3n) is 4.87. The number of Topliss-reactive ketones (excluding diaryl/α,β-unsaturated/α-hetero) is 1. The van der Waals surface area contributed by atoms with E-state index < -0.39 is 0 Å². The van der Waals surface area contributed by atoms with Crippen LogP contribution in [-0.4, -0.2) is 29.8 Å². The molecule has 2 N–H and O–H groups in total. The van der Waals surface area contributed by atoms with E-state index in [1.807, 2.05) is 13.8 Å². The minimum atomic E-state index is -0.353. The van der Waals surface area contributed by atoms with Gasteiger partial charge in [0.25, 0.3) is 0 Å². The lowest BCUT2D eigenvalue weighted by Crippen LogP contribution is -2.57. The summed E-state index contributed by atoms with van der Waals surface area (Å²) in [5.41, 5.74) is 0. The first-order chi connectivity index (χ1) is 9.49. The van der Waals surface area contributed by atoms with E-state index in [9.17, 15) is 9.59 Å². The zero-order valence-electron chi connectivity index (χ0n) is 12.9. The first-order valence-corrected chi connectivity index (χ1v) is 8.06. The highest BCUT2D eigenvalue weighted by molar-refractivity contribution is 5.89. The average molecular weight is 280 g/mol. The molecule has 0 aromatic rings. The van der Waals surface area contributed by atoms with Crippen LogP contribution in [0.4, 0.5) is 0 Å². The van der Waals surface area contributed by atoms with Crippen molar-refractivity contribution in [1.29, 1.82) is 0 Å².